The van der Waals surface area contributed by atoms with Gasteiger partial charge in [0.1, 0.15) is 0 Å². The number of benzene rings is 2. The Labute approximate surface area is 159 Å². The van der Waals surface area contributed by atoms with E-state index in [1.165, 1.54) is 10.5 Å². The Balaban J connectivity index is 1.81. The molecule has 2 aromatic rings. The van der Waals surface area contributed by atoms with Crippen LogP contribution in [0.15, 0.2) is 71.8 Å². The number of fused-ring (bicyclic) bond motifs is 3. The van der Waals surface area contributed by atoms with Gasteiger partial charge in [-0.1, -0.05) is 48.5 Å². The maximum atomic E-state index is 13.3. The van der Waals surface area contributed by atoms with Gasteiger partial charge in [0.25, 0.3) is 10.0 Å². The molecule has 0 saturated heterocycles. The van der Waals surface area contributed by atoms with Crippen LogP contribution in [0.3, 0.4) is 0 Å². The minimum Gasteiger partial charge on any atom is -0.466 e. The van der Waals surface area contributed by atoms with Gasteiger partial charge in [0.2, 0.25) is 0 Å². The zero-order chi connectivity index (χ0) is 19.0. The van der Waals surface area contributed by atoms with Gasteiger partial charge < -0.3 is 4.74 Å². The van der Waals surface area contributed by atoms with E-state index in [2.05, 4.69) is 0 Å². The molecule has 0 fully saturated rings. The lowest BCUT2D eigenvalue weighted by Crippen LogP contribution is -2.41. The minimum absolute atomic E-state index is 0.176. The summed E-state index contributed by atoms with van der Waals surface area (Å²) >= 11 is 0. The summed E-state index contributed by atoms with van der Waals surface area (Å²) in [6.07, 6.45) is 3.86. The highest BCUT2D eigenvalue weighted by atomic mass is 32.2. The van der Waals surface area contributed by atoms with Crippen molar-refractivity contribution in [1.82, 2.24) is 4.31 Å². The lowest BCUT2D eigenvalue weighted by molar-refractivity contribution is -0.148. The van der Waals surface area contributed by atoms with E-state index in [0.29, 0.717) is 13.0 Å². The standard InChI is InChI=1S/C21H21NO4S/c1-2-26-21(23)18-12-13-22(27(24,25)16-9-4-3-5-10-16)20-17-11-7-6-8-15(17)14-19(18)20/h3-13,18-20H,2,14H2,1H3/t18-,19-,20-/m0/s1. The van der Waals surface area contributed by atoms with Gasteiger partial charge in [-0.3, -0.25) is 9.10 Å². The summed E-state index contributed by atoms with van der Waals surface area (Å²) in [6.45, 7) is 2.08. The highest BCUT2D eigenvalue weighted by Gasteiger charge is 2.48. The van der Waals surface area contributed by atoms with Gasteiger partial charge in [0, 0.05) is 12.1 Å². The Hall–Kier alpha value is -2.60. The van der Waals surface area contributed by atoms with Crippen LogP contribution in [0.4, 0.5) is 0 Å². The third-order valence-corrected chi connectivity index (χ3v) is 7.06. The van der Waals surface area contributed by atoms with Crippen LogP contribution in [0.2, 0.25) is 0 Å². The fraction of sp³-hybridized carbons (Fsp3) is 0.286. The van der Waals surface area contributed by atoms with Crippen LogP contribution in [-0.4, -0.2) is 25.3 Å². The van der Waals surface area contributed by atoms with Crippen molar-refractivity contribution in [3.63, 3.8) is 0 Å². The smallest absolute Gasteiger partial charge is 0.313 e. The summed E-state index contributed by atoms with van der Waals surface area (Å²) in [5, 5.41) is 0. The van der Waals surface area contributed by atoms with Gasteiger partial charge in [-0.05, 0) is 36.6 Å². The molecule has 3 atom stereocenters. The monoisotopic (exact) mass is 383 g/mol. The van der Waals surface area contributed by atoms with Crippen LogP contribution in [0.5, 0.6) is 0 Å². The molecule has 0 unspecified atom stereocenters. The molecule has 4 rings (SSSR count). The minimum atomic E-state index is -3.73. The van der Waals surface area contributed by atoms with Crippen molar-refractivity contribution in [3.8, 4) is 0 Å². The molecule has 6 heteroatoms. The van der Waals surface area contributed by atoms with Crippen LogP contribution >= 0.6 is 0 Å². The Morgan fingerprint density at radius 2 is 1.81 bits per heavy atom. The fourth-order valence-corrected chi connectivity index (χ4v) is 5.65. The SMILES string of the molecule is CCOC(=O)[C@H]1C=CN(S(=O)(=O)c2ccccc2)[C@H]2c3ccccc3C[C@@H]12. The molecule has 0 saturated carbocycles. The molecule has 1 aliphatic carbocycles. The first-order valence-corrected chi connectivity index (χ1v) is 10.5. The van der Waals surface area contributed by atoms with Gasteiger partial charge in [0.15, 0.2) is 0 Å². The number of carbonyl (C=O) groups is 1. The van der Waals surface area contributed by atoms with Gasteiger partial charge >= 0.3 is 5.97 Å². The molecule has 2 aliphatic rings. The first kappa shape index (κ1) is 17.8. The average Bonchev–Trinajstić information content (AvgIpc) is 3.07. The molecule has 0 amide bonds. The molecular formula is C21H21NO4S. The van der Waals surface area contributed by atoms with Gasteiger partial charge in [-0.25, -0.2) is 8.42 Å². The molecule has 1 heterocycles. The molecule has 5 nitrogen and oxygen atoms in total. The Bertz CT molecular complexity index is 984. The second kappa shape index (κ2) is 6.85. The molecule has 0 bridgehead atoms. The zero-order valence-corrected chi connectivity index (χ0v) is 15.8. The highest BCUT2D eigenvalue weighted by molar-refractivity contribution is 7.89. The van der Waals surface area contributed by atoms with Crippen molar-refractivity contribution in [2.45, 2.75) is 24.3 Å². The van der Waals surface area contributed by atoms with Crippen molar-refractivity contribution in [3.05, 3.63) is 78.0 Å². The lowest BCUT2D eigenvalue weighted by atomic mass is 9.84. The Morgan fingerprint density at radius 1 is 1.11 bits per heavy atom. The van der Waals surface area contributed by atoms with Crippen LogP contribution < -0.4 is 0 Å². The van der Waals surface area contributed by atoms with Gasteiger partial charge in [-0.15, -0.1) is 0 Å². The second-order valence-electron chi connectivity index (χ2n) is 6.78. The van der Waals surface area contributed by atoms with E-state index in [9.17, 15) is 13.2 Å². The maximum Gasteiger partial charge on any atom is 0.313 e. The van der Waals surface area contributed by atoms with Gasteiger partial charge in [0.05, 0.1) is 23.5 Å². The number of esters is 1. The van der Waals surface area contributed by atoms with E-state index in [1.54, 1.807) is 43.3 Å². The molecule has 27 heavy (non-hydrogen) atoms. The first-order chi connectivity index (χ1) is 13.0. The van der Waals surface area contributed by atoms with E-state index >= 15 is 0 Å². The lowest BCUT2D eigenvalue weighted by Gasteiger charge is -2.37. The summed E-state index contributed by atoms with van der Waals surface area (Å²) in [6, 6.07) is 15.8. The third-order valence-electron chi connectivity index (χ3n) is 5.29. The average molecular weight is 383 g/mol. The second-order valence-corrected chi connectivity index (χ2v) is 8.62. The summed E-state index contributed by atoms with van der Waals surface area (Å²) in [5.41, 5.74) is 2.04. The molecule has 2 aromatic carbocycles. The highest BCUT2D eigenvalue weighted by Crippen LogP contribution is 2.49. The van der Waals surface area contributed by atoms with Crippen molar-refractivity contribution >= 4 is 16.0 Å². The van der Waals surface area contributed by atoms with E-state index in [-0.39, 0.29) is 16.8 Å². The first-order valence-electron chi connectivity index (χ1n) is 9.05. The largest absolute Gasteiger partial charge is 0.466 e. The summed E-state index contributed by atoms with van der Waals surface area (Å²) in [4.78, 5) is 12.7. The summed E-state index contributed by atoms with van der Waals surface area (Å²) < 4.78 is 33.2. The topological polar surface area (TPSA) is 63.7 Å². The quantitative estimate of drug-likeness (QED) is 0.760. The van der Waals surface area contributed by atoms with E-state index < -0.39 is 22.0 Å². The number of rotatable bonds is 4. The summed E-state index contributed by atoms with van der Waals surface area (Å²) in [5.74, 6) is -0.928. The Morgan fingerprint density at radius 3 is 2.56 bits per heavy atom. The number of hydrogen-bond donors (Lipinski definition) is 0. The number of carbonyl (C=O) groups excluding carboxylic acids is 1. The third kappa shape index (κ3) is 2.94. The van der Waals surface area contributed by atoms with Crippen LogP contribution in [0, 0.1) is 11.8 Å². The molecule has 1 aliphatic heterocycles. The van der Waals surface area contributed by atoms with Crippen LogP contribution in [0.1, 0.15) is 24.1 Å². The molecular weight excluding hydrogens is 362 g/mol. The maximum absolute atomic E-state index is 13.3. The number of ether oxygens (including phenoxy) is 1. The predicted molar refractivity (Wildman–Crippen MR) is 101 cm³/mol. The van der Waals surface area contributed by atoms with Crippen molar-refractivity contribution in [1.29, 1.82) is 0 Å². The fourth-order valence-electron chi connectivity index (χ4n) is 4.10. The number of sulfonamides is 1. The zero-order valence-electron chi connectivity index (χ0n) is 15.0. The molecule has 0 spiro atoms. The van der Waals surface area contributed by atoms with Gasteiger partial charge in [-0.2, -0.15) is 0 Å². The van der Waals surface area contributed by atoms with E-state index in [1.807, 2.05) is 24.3 Å². The molecule has 140 valence electrons. The number of hydrogen-bond acceptors (Lipinski definition) is 4. The molecule has 0 radical (unpaired) electrons. The number of nitrogens with zero attached hydrogens (tertiary/aromatic N) is 1. The van der Waals surface area contributed by atoms with E-state index in [0.717, 1.165) is 11.1 Å². The predicted octanol–water partition coefficient (Wildman–Crippen LogP) is 3.30. The van der Waals surface area contributed by atoms with Crippen molar-refractivity contribution in [2.24, 2.45) is 11.8 Å². The van der Waals surface area contributed by atoms with Crippen molar-refractivity contribution < 1.29 is 17.9 Å². The molecule has 0 aromatic heterocycles. The molecule has 0 N–H and O–H groups in total. The Kier molecular flexibility index (Phi) is 4.52. The summed E-state index contributed by atoms with van der Waals surface area (Å²) in [7, 11) is -3.73. The van der Waals surface area contributed by atoms with Crippen LogP contribution in [0.25, 0.3) is 0 Å². The van der Waals surface area contributed by atoms with Crippen molar-refractivity contribution in [2.75, 3.05) is 6.61 Å². The van der Waals surface area contributed by atoms with E-state index in [4.69, 9.17) is 4.74 Å². The normalized spacial score (nSPS) is 23.6. The van der Waals surface area contributed by atoms with Crippen LogP contribution in [-0.2, 0) is 26.0 Å².